The van der Waals surface area contributed by atoms with Crippen LogP contribution in [0.25, 0.3) is 82.8 Å². The Labute approximate surface area is 408 Å². The third-order valence-electron chi connectivity index (χ3n) is 16.2. The summed E-state index contributed by atoms with van der Waals surface area (Å²) in [5.74, 6) is 0. The molecule has 2 nitrogen and oxygen atoms in total. The van der Waals surface area contributed by atoms with Crippen LogP contribution in [0.1, 0.15) is 47.2 Å². The van der Waals surface area contributed by atoms with Crippen LogP contribution in [0.2, 0.25) is 0 Å². The van der Waals surface area contributed by atoms with Crippen molar-refractivity contribution in [1.82, 2.24) is 4.57 Å². The minimum Gasteiger partial charge on any atom is -0.310 e. The smallest absolute Gasteiger partial charge is 0.0732 e. The second-order valence-electron chi connectivity index (χ2n) is 20.0. The van der Waals surface area contributed by atoms with E-state index >= 15 is 0 Å². The molecule has 2 heteroatoms. The first-order valence-electron chi connectivity index (χ1n) is 24.6. The summed E-state index contributed by atoms with van der Waals surface area (Å²) < 4.78 is 2.39. The second-order valence-corrected chi connectivity index (χ2v) is 20.0. The number of aromatic nitrogens is 1. The lowest BCUT2D eigenvalue weighted by Crippen LogP contribution is -2.26. The number of nitrogens with zero attached hydrogens (tertiary/aromatic N) is 2. The highest BCUT2D eigenvalue weighted by molar-refractivity contribution is 6.11. The van der Waals surface area contributed by atoms with Crippen molar-refractivity contribution in [3.8, 4) is 50.2 Å². The average Bonchev–Trinajstić information content (AvgIpc) is 4.09. The number of anilines is 3. The molecule has 0 saturated heterocycles. The molecule has 15 rings (SSSR count). The predicted octanol–water partition coefficient (Wildman–Crippen LogP) is 17.7. The highest BCUT2D eigenvalue weighted by atomic mass is 15.1. The maximum atomic E-state index is 2.54. The molecule has 1 heterocycles. The number of hydrogen-bond donors (Lipinski definition) is 0. The zero-order chi connectivity index (χ0) is 46.3. The standard InChI is InChI=1S/C68H46N2/c1-67(2)57-25-12-8-21-50(57)52-39-37-48(42-61(52)67)69(47-35-31-43(32-36-47)45-34-40-63-56(41-45)53-23-11-15-29-62(53)70(63)46-18-4-3-5-19-46)64-30-16-28-60-65(64)55-24-10-14-27-59(55)68(60)58-26-13-9-22-51(58)54-38-33-44-17-6-7-20-49(44)66(54)68/h3-42H,1-2H3. The van der Waals surface area contributed by atoms with Gasteiger partial charge in [0.2, 0.25) is 0 Å². The number of rotatable bonds is 5. The number of fused-ring (bicyclic) bond motifs is 18. The van der Waals surface area contributed by atoms with Gasteiger partial charge in [-0.15, -0.1) is 0 Å². The minimum absolute atomic E-state index is 0.159. The number of para-hydroxylation sites is 2. The molecule has 11 aromatic carbocycles. The van der Waals surface area contributed by atoms with Crippen molar-refractivity contribution in [2.75, 3.05) is 4.90 Å². The normalized spacial score (nSPS) is 15.5. The highest BCUT2D eigenvalue weighted by Gasteiger charge is 2.53. The third-order valence-corrected chi connectivity index (χ3v) is 16.2. The van der Waals surface area contributed by atoms with E-state index in [0.29, 0.717) is 0 Å². The summed E-state index contributed by atoms with van der Waals surface area (Å²) in [6.07, 6.45) is 0. The van der Waals surface area contributed by atoms with E-state index < -0.39 is 5.41 Å². The highest BCUT2D eigenvalue weighted by Crippen LogP contribution is 2.66. The first kappa shape index (κ1) is 39.3. The Hall–Kier alpha value is -8.72. The second kappa shape index (κ2) is 14.4. The van der Waals surface area contributed by atoms with Crippen LogP contribution < -0.4 is 4.90 Å². The van der Waals surface area contributed by atoms with E-state index in [2.05, 4.69) is 266 Å². The molecule has 1 spiro atoms. The van der Waals surface area contributed by atoms with Crippen LogP contribution in [0.4, 0.5) is 17.1 Å². The van der Waals surface area contributed by atoms with Crippen LogP contribution in [0.5, 0.6) is 0 Å². The van der Waals surface area contributed by atoms with Gasteiger partial charge in [-0.2, -0.15) is 0 Å². The molecule has 12 aromatic rings. The topological polar surface area (TPSA) is 8.17 Å². The fraction of sp³-hybridized carbons (Fsp3) is 0.0588. The van der Waals surface area contributed by atoms with Crippen molar-refractivity contribution in [3.63, 3.8) is 0 Å². The fourth-order valence-corrected chi connectivity index (χ4v) is 13.2. The molecular weight excluding hydrogens is 845 g/mol. The van der Waals surface area contributed by atoms with E-state index in [0.717, 1.165) is 11.4 Å². The summed E-state index contributed by atoms with van der Waals surface area (Å²) >= 11 is 0. The van der Waals surface area contributed by atoms with Gasteiger partial charge < -0.3 is 9.47 Å². The zero-order valence-corrected chi connectivity index (χ0v) is 39.0. The molecule has 0 amide bonds. The van der Waals surface area contributed by atoms with Crippen LogP contribution in [-0.4, -0.2) is 4.57 Å². The molecule has 1 unspecified atom stereocenters. The van der Waals surface area contributed by atoms with Gasteiger partial charge in [0.1, 0.15) is 0 Å². The van der Waals surface area contributed by atoms with Gasteiger partial charge >= 0.3 is 0 Å². The maximum absolute atomic E-state index is 2.54. The Balaban J connectivity index is 0.952. The van der Waals surface area contributed by atoms with Crippen LogP contribution in [0.3, 0.4) is 0 Å². The lowest BCUT2D eigenvalue weighted by atomic mass is 9.69. The first-order valence-corrected chi connectivity index (χ1v) is 24.6. The monoisotopic (exact) mass is 890 g/mol. The summed E-state index contributed by atoms with van der Waals surface area (Å²) in [5, 5.41) is 5.07. The Kier molecular flexibility index (Phi) is 8.08. The van der Waals surface area contributed by atoms with Crippen molar-refractivity contribution in [3.05, 3.63) is 276 Å². The van der Waals surface area contributed by atoms with Gasteiger partial charge in [0.15, 0.2) is 0 Å². The van der Waals surface area contributed by atoms with Gasteiger partial charge in [0.25, 0.3) is 0 Å². The van der Waals surface area contributed by atoms with Gasteiger partial charge in [-0.3, -0.25) is 0 Å². The maximum Gasteiger partial charge on any atom is 0.0732 e. The minimum atomic E-state index is -0.506. The van der Waals surface area contributed by atoms with E-state index in [-0.39, 0.29) is 5.41 Å². The Morgan fingerprint density at radius 2 is 0.943 bits per heavy atom. The molecular formula is C68H46N2. The van der Waals surface area contributed by atoms with E-state index in [1.54, 1.807) is 0 Å². The summed E-state index contributed by atoms with van der Waals surface area (Å²) in [6, 6.07) is 91.0. The number of hydrogen-bond acceptors (Lipinski definition) is 1. The molecule has 0 aliphatic heterocycles. The molecule has 3 aliphatic carbocycles. The summed E-state index contributed by atoms with van der Waals surface area (Å²) in [4.78, 5) is 2.54. The SMILES string of the molecule is CC1(C)c2ccccc2-c2ccc(N(c3ccc(-c4ccc5c(c4)c4ccccc4n5-c4ccccc4)cc3)c3cccc4c3-c3ccccc3C43c4ccccc4-c4ccc5ccccc5c43)cc21. The predicted molar refractivity (Wildman–Crippen MR) is 292 cm³/mol. The number of benzene rings is 11. The largest absolute Gasteiger partial charge is 0.310 e. The van der Waals surface area contributed by atoms with Crippen molar-refractivity contribution in [2.45, 2.75) is 24.7 Å². The molecule has 0 fully saturated rings. The molecule has 0 saturated carbocycles. The molecule has 1 atom stereocenters. The van der Waals surface area contributed by atoms with Crippen molar-refractivity contribution in [2.24, 2.45) is 0 Å². The Bertz CT molecular complexity index is 4150. The lowest BCUT2D eigenvalue weighted by molar-refractivity contribution is 0.660. The molecule has 3 aliphatic rings. The summed E-state index contributed by atoms with van der Waals surface area (Å²) in [5.41, 5.74) is 24.7. The zero-order valence-electron chi connectivity index (χ0n) is 39.0. The molecule has 0 bridgehead atoms. The van der Waals surface area contributed by atoms with Gasteiger partial charge in [-0.05, 0) is 144 Å². The van der Waals surface area contributed by atoms with Crippen LogP contribution in [0.15, 0.2) is 243 Å². The lowest BCUT2D eigenvalue weighted by Gasteiger charge is -2.33. The van der Waals surface area contributed by atoms with Crippen molar-refractivity contribution >= 4 is 49.6 Å². The third kappa shape index (κ3) is 5.17. The molecule has 328 valence electrons. The quantitative estimate of drug-likeness (QED) is 0.167. The fourth-order valence-electron chi connectivity index (χ4n) is 13.2. The first-order chi connectivity index (χ1) is 34.5. The van der Waals surface area contributed by atoms with E-state index in [1.807, 2.05) is 0 Å². The van der Waals surface area contributed by atoms with Crippen LogP contribution in [0, 0.1) is 0 Å². The summed E-state index contributed by atoms with van der Waals surface area (Å²) in [7, 11) is 0. The average molecular weight is 891 g/mol. The van der Waals surface area contributed by atoms with Gasteiger partial charge in [-0.25, -0.2) is 0 Å². The van der Waals surface area contributed by atoms with E-state index in [4.69, 9.17) is 0 Å². The molecule has 1 aromatic heterocycles. The van der Waals surface area contributed by atoms with Crippen molar-refractivity contribution < 1.29 is 0 Å². The molecule has 70 heavy (non-hydrogen) atoms. The van der Waals surface area contributed by atoms with Crippen LogP contribution >= 0.6 is 0 Å². The molecule has 0 N–H and O–H groups in total. The Morgan fingerprint density at radius 1 is 0.357 bits per heavy atom. The van der Waals surface area contributed by atoms with Crippen LogP contribution in [-0.2, 0) is 10.8 Å². The van der Waals surface area contributed by atoms with Crippen molar-refractivity contribution in [1.29, 1.82) is 0 Å². The summed E-state index contributed by atoms with van der Waals surface area (Å²) in [6.45, 7) is 4.77. The Morgan fingerprint density at radius 3 is 1.76 bits per heavy atom. The van der Waals surface area contributed by atoms with Gasteiger partial charge in [0.05, 0.1) is 22.1 Å². The van der Waals surface area contributed by atoms with E-state index in [1.165, 1.54) is 122 Å². The van der Waals surface area contributed by atoms with Gasteiger partial charge in [-0.1, -0.05) is 196 Å². The molecule has 0 radical (unpaired) electrons. The van der Waals surface area contributed by atoms with Gasteiger partial charge in [0, 0.05) is 38.8 Å². The van der Waals surface area contributed by atoms with E-state index in [9.17, 15) is 0 Å².